The number of ether oxygens (including phenoxy) is 1. The van der Waals surface area contributed by atoms with E-state index < -0.39 is 11.2 Å². The van der Waals surface area contributed by atoms with Crippen molar-refractivity contribution in [1.29, 1.82) is 0 Å². The summed E-state index contributed by atoms with van der Waals surface area (Å²) in [5.41, 5.74) is 2.94. The molecule has 0 radical (unpaired) electrons. The van der Waals surface area contributed by atoms with E-state index in [1.54, 1.807) is 47.5 Å². The van der Waals surface area contributed by atoms with E-state index in [1.165, 1.54) is 31.0 Å². The van der Waals surface area contributed by atoms with Gasteiger partial charge in [-0.25, -0.2) is 9.40 Å². The van der Waals surface area contributed by atoms with Crippen molar-refractivity contribution in [3.8, 4) is 5.75 Å². The molecule has 2 aliphatic heterocycles. The third kappa shape index (κ3) is 5.52. The van der Waals surface area contributed by atoms with Gasteiger partial charge in [-0.3, -0.25) is 9.59 Å². The summed E-state index contributed by atoms with van der Waals surface area (Å²) >= 11 is 7.45. The van der Waals surface area contributed by atoms with Gasteiger partial charge in [0.25, 0.3) is 5.91 Å². The maximum Gasteiger partial charge on any atom is 0.262 e. The molecule has 3 aromatic rings. The van der Waals surface area contributed by atoms with E-state index in [0.717, 1.165) is 16.8 Å². The second-order valence-electron chi connectivity index (χ2n) is 8.46. The molecule has 7 nitrogen and oxygen atoms in total. The number of benzene rings is 3. The number of hydrogen-bond donors (Lipinski definition) is 1. The Morgan fingerprint density at radius 2 is 1.95 bits per heavy atom. The molecule has 1 N–H and O–H groups in total. The van der Waals surface area contributed by atoms with Gasteiger partial charge in [-0.15, -0.1) is 0 Å². The number of nitrogens with one attached hydrogen (secondary N) is 1. The number of carbonyl (C=O) groups is 2. The Hall–Kier alpha value is -3.69. The van der Waals surface area contributed by atoms with Gasteiger partial charge in [0.1, 0.15) is 16.8 Å². The van der Waals surface area contributed by atoms with E-state index in [1.807, 2.05) is 18.2 Å². The minimum Gasteiger partial charge on any atom is -0.495 e. The van der Waals surface area contributed by atoms with E-state index in [9.17, 15) is 14.0 Å². The van der Waals surface area contributed by atoms with Crippen LogP contribution in [0.5, 0.6) is 5.75 Å². The average Bonchev–Trinajstić information content (AvgIpc) is 3.49. The second kappa shape index (κ2) is 10.7. The summed E-state index contributed by atoms with van der Waals surface area (Å²) in [6.07, 6.45) is 0.456. The Morgan fingerprint density at radius 3 is 2.70 bits per heavy atom. The van der Waals surface area contributed by atoms with Crippen LogP contribution in [-0.2, 0) is 9.59 Å². The van der Waals surface area contributed by atoms with E-state index >= 15 is 0 Å². The van der Waals surface area contributed by atoms with Crippen LogP contribution in [0.25, 0.3) is 0 Å². The number of hydrogen-bond acceptors (Lipinski definition) is 6. The summed E-state index contributed by atoms with van der Waals surface area (Å²) in [5, 5.41) is 9.56. The van der Waals surface area contributed by atoms with Crippen molar-refractivity contribution in [1.82, 2.24) is 5.01 Å². The first-order valence-corrected chi connectivity index (χ1v) is 12.8. The van der Waals surface area contributed by atoms with Gasteiger partial charge in [-0.2, -0.15) is 10.1 Å². The van der Waals surface area contributed by atoms with Crippen LogP contribution in [0.2, 0.25) is 5.02 Å². The van der Waals surface area contributed by atoms with Gasteiger partial charge in [0, 0.05) is 17.9 Å². The van der Waals surface area contributed by atoms with Crippen molar-refractivity contribution < 1.29 is 18.7 Å². The Bertz CT molecular complexity index is 1410. The SMILES string of the molecule is COc1ccccc1NC(=O)C[C@@H]1SC(N2N=C(c3ccc(F)cc3)C[C@@H]2c2cccc(Cl)c2)=NC1=O. The monoisotopic (exact) mass is 536 g/mol. The van der Waals surface area contributed by atoms with E-state index in [0.29, 0.717) is 28.0 Å². The first kappa shape index (κ1) is 25.0. The normalized spacial score (nSPS) is 19.0. The average molecular weight is 537 g/mol. The number of rotatable bonds is 6. The number of nitrogens with zero attached hydrogens (tertiary/aromatic N) is 3. The zero-order valence-corrected chi connectivity index (χ0v) is 21.3. The fourth-order valence-electron chi connectivity index (χ4n) is 4.20. The van der Waals surface area contributed by atoms with Crippen LogP contribution in [0.15, 0.2) is 82.9 Å². The number of anilines is 1. The molecule has 2 heterocycles. The summed E-state index contributed by atoms with van der Waals surface area (Å²) in [7, 11) is 1.52. The smallest absolute Gasteiger partial charge is 0.262 e. The number of thioether (sulfide) groups is 1. The summed E-state index contributed by atoms with van der Waals surface area (Å²) < 4.78 is 18.8. The van der Waals surface area contributed by atoms with Crippen LogP contribution in [-0.4, -0.2) is 40.1 Å². The van der Waals surface area contributed by atoms with Crippen LogP contribution in [0.1, 0.15) is 30.0 Å². The molecule has 0 unspecified atom stereocenters. The molecule has 188 valence electrons. The molecule has 2 aliphatic rings. The molecule has 0 spiro atoms. The molecular formula is C27H22ClFN4O3S. The molecule has 0 saturated carbocycles. The number of carbonyl (C=O) groups excluding carboxylic acids is 2. The molecule has 0 bridgehead atoms. The first-order chi connectivity index (χ1) is 17.9. The van der Waals surface area contributed by atoms with Gasteiger partial charge < -0.3 is 10.1 Å². The maximum atomic E-state index is 13.5. The maximum absolute atomic E-state index is 13.5. The van der Waals surface area contributed by atoms with Crippen LogP contribution in [0.3, 0.4) is 0 Å². The Labute approximate surface area is 222 Å². The summed E-state index contributed by atoms with van der Waals surface area (Å²) in [4.78, 5) is 29.8. The number of amidine groups is 1. The zero-order chi connectivity index (χ0) is 25.9. The molecule has 0 aromatic heterocycles. The number of amides is 2. The number of para-hydroxylation sites is 2. The fourth-order valence-corrected chi connectivity index (χ4v) is 5.46. The summed E-state index contributed by atoms with van der Waals surface area (Å²) in [5.74, 6) is -0.524. The minimum atomic E-state index is -0.685. The molecule has 3 aromatic carbocycles. The second-order valence-corrected chi connectivity index (χ2v) is 10.1. The van der Waals surface area contributed by atoms with E-state index in [2.05, 4.69) is 10.3 Å². The van der Waals surface area contributed by atoms with Gasteiger partial charge in [0.05, 0.1) is 24.6 Å². The van der Waals surface area contributed by atoms with Gasteiger partial charge in [0.2, 0.25) is 5.91 Å². The van der Waals surface area contributed by atoms with E-state index in [4.69, 9.17) is 21.4 Å². The molecule has 2 atom stereocenters. The van der Waals surface area contributed by atoms with Crippen LogP contribution >= 0.6 is 23.4 Å². The lowest BCUT2D eigenvalue weighted by Crippen LogP contribution is -2.25. The lowest BCUT2D eigenvalue weighted by atomic mass is 9.98. The number of halogens is 2. The van der Waals surface area contributed by atoms with E-state index in [-0.39, 0.29) is 24.2 Å². The van der Waals surface area contributed by atoms with Gasteiger partial charge in [-0.05, 0) is 47.5 Å². The highest BCUT2D eigenvalue weighted by atomic mass is 35.5. The van der Waals surface area contributed by atoms with Crippen molar-refractivity contribution in [2.75, 3.05) is 12.4 Å². The molecule has 0 aliphatic carbocycles. The van der Waals surface area contributed by atoms with Crippen LogP contribution in [0, 0.1) is 5.82 Å². The molecule has 37 heavy (non-hydrogen) atoms. The molecule has 0 fully saturated rings. The third-order valence-electron chi connectivity index (χ3n) is 6.00. The van der Waals surface area contributed by atoms with Crippen LogP contribution < -0.4 is 10.1 Å². The molecular weight excluding hydrogens is 515 g/mol. The molecule has 2 amide bonds. The van der Waals surface area contributed by atoms with Gasteiger partial charge in [-0.1, -0.05) is 59.8 Å². The predicted molar refractivity (Wildman–Crippen MR) is 144 cm³/mol. The molecule has 5 rings (SSSR count). The molecule has 0 saturated heterocycles. The number of methoxy groups -OCH3 is 1. The zero-order valence-electron chi connectivity index (χ0n) is 19.7. The Morgan fingerprint density at radius 1 is 1.16 bits per heavy atom. The lowest BCUT2D eigenvalue weighted by molar-refractivity contribution is -0.121. The minimum absolute atomic E-state index is 0.0568. The lowest BCUT2D eigenvalue weighted by Gasteiger charge is -2.23. The largest absolute Gasteiger partial charge is 0.495 e. The number of hydrazone groups is 1. The highest BCUT2D eigenvalue weighted by Gasteiger charge is 2.39. The van der Waals surface area contributed by atoms with Gasteiger partial charge in [0.15, 0.2) is 5.17 Å². The topological polar surface area (TPSA) is 83.4 Å². The number of aliphatic imine (C=N–C) groups is 1. The fraction of sp³-hybridized carbons (Fsp3) is 0.185. The summed E-state index contributed by atoms with van der Waals surface area (Å²) in [6.45, 7) is 0. The highest BCUT2D eigenvalue weighted by molar-refractivity contribution is 8.15. The molecule has 10 heteroatoms. The van der Waals surface area contributed by atoms with Gasteiger partial charge >= 0.3 is 0 Å². The third-order valence-corrected chi connectivity index (χ3v) is 7.38. The van der Waals surface area contributed by atoms with Crippen molar-refractivity contribution in [2.45, 2.75) is 24.1 Å². The predicted octanol–water partition coefficient (Wildman–Crippen LogP) is 5.67. The summed E-state index contributed by atoms with van der Waals surface area (Å²) in [6, 6.07) is 20.3. The quantitative estimate of drug-likeness (QED) is 0.439. The van der Waals surface area contributed by atoms with Crippen molar-refractivity contribution in [3.63, 3.8) is 0 Å². The Balaban J connectivity index is 1.35. The Kier molecular flexibility index (Phi) is 7.25. The first-order valence-electron chi connectivity index (χ1n) is 11.5. The highest BCUT2D eigenvalue weighted by Crippen LogP contribution is 2.39. The van der Waals surface area contributed by atoms with Crippen molar-refractivity contribution in [2.24, 2.45) is 10.1 Å². The van der Waals surface area contributed by atoms with Crippen molar-refractivity contribution in [3.05, 3.63) is 94.8 Å². The van der Waals surface area contributed by atoms with Crippen LogP contribution in [0.4, 0.5) is 10.1 Å². The van der Waals surface area contributed by atoms with Crippen molar-refractivity contribution >= 4 is 51.7 Å². The standard InChI is InChI=1S/C27H22ClFN4O3S/c1-36-23-8-3-2-7-20(23)30-25(34)15-24-26(35)31-27(37-24)33-22(17-5-4-6-18(28)13-17)14-21(32-33)16-9-11-19(29)12-10-16/h2-13,22,24H,14-15H2,1H3,(H,30,34)/t22-,24+/m1/s1.